The van der Waals surface area contributed by atoms with Crippen LogP contribution in [0.25, 0.3) is 10.8 Å². The molecule has 4 nitrogen and oxygen atoms in total. The number of carbonyl (C=O) groups is 2. The number of hydrogen-bond donors (Lipinski definition) is 0. The zero-order chi connectivity index (χ0) is 19.8. The molecule has 1 aliphatic heterocycles. The summed E-state index contributed by atoms with van der Waals surface area (Å²) in [7, 11) is 0. The van der Waals surface area contributed by atoms with Crippen LogP contribution in [-0.4, -0.2) is 18.4 Å². The van der Waals surface area contributed by atoms with Gasteiger partial charge in [0.1, 0.15) is 11.6 Å². The lowest BCUT2D eigenvalue weighted by molar-refractivity contribution is 0.0924. The van der Waals surface area contributed by atoms with Crippen molar-refractivity contribution in [3.8, 4) is 5.75 Å². The quantitative estimate of drug-likeness (QED) is 0.593. The van der Waals surface area contributed by atoms with Gasteiger partial charge in [0.15, 0.2) is 0 Å². The van der Waals surface area contributed by atoms with Gasteiger partial charge in [-0.25, -0.2) is 9.29 Å². The molecule has 3 aromatic rings. The van der Waals surface area contributed by atoms with Crippen molar-refractivity contribution in [2.45, 2.75) is 26.7 Å². The van der Waals surface area contributed by atoms with Gasteiger partial charge in [-0.15, -0.1) is 0 Å². The van der Waals surface area contributed by atoms with Gasteiger partial charge in [-0.05, 0) is 42.5 Å². The van der Waals surface area contributed by atoms with E-state index in [9.17, 15) is 14.0 Å². The van der Waals surface area contributed by atoms with Crippen molar-refractivity contribution >= 4 is 28.3 Å². The molecule has 0 unspecified atom stereocenters. The number of nitrogens with zero attached hydrogens (tertiary/aromatic N) is 1. The Balaban J connectivity index is 2.06. The van der Waals surface area contributed by atoms with Crippen LogP contribution in [0.3, 0.4) is 0 Å². The summed E-state index contributed by atoms with van der Waals surface area (Å²) in [6.45, 7) is 4.19. The van der Waals surface area contributed by atoms with Gasteiger partial charge in [0.05, 0.1) is 23.4 Å². The highest BCUT2D eigenvalue weighted by Gasteiger charge is 2.43. The summed E-state index contributed by atoms with van der Waals surface area (Å²) in [4.78, 5) is 27.5. The lowest BCUT2D eigenvalue weighted by Gasteiger charge is -2.15. The molecule has 0 N–H and O–H groups in total. The minimum Gasteiger partial charge on any atom is -0.492 e. The number of benzene rings is 3. The maximum atomic E-state index is 14.4. The van der Waals surface area contributed by atoms with Gasteiger partial charge in [-0.2, -0.15) is 0 Å². The highest BCUT2D eigenvalue weighted by atomic mass is 19.1. The largest absolute Gasteiger partial charge is 0.492 e. The third-order valence-corrected chi connectivity index (χ3v) is 4.93. The summed E-state index contributed by atoms with van der Waals surface area (Å²) >= 11 is 0. The van der Waals surface area contributed by atoms with Gasteiger partial charge in [0, 0.05) is 5.39 Å². The molecule has 0 spiro atoms. The highest BCUT2D eigenvalue weighted by molar-refractivity contribution is 6.37. The minimum absolute atomic E-state index is 0.0705. The number of hydrogen-bond acceptors (Lipinski definition) is 3. The van der Waals surface area contributed by atoms with Crippen molar-refractivity contribution < 1.29 is 18.7 Å². The Morgan fingerprint density at radius 1 is 1.04 bits per heavy atom. The van der Waals surface area contributed by atoms with Gasteiger partial charge < -0.3 is 4.74 Å². The number of fused-ring (bicyclic) bond motifs is 2. The summed E-state index contributed by atoms with van der Waals surface area (Å²) in [5, 5.41) is 1.67. The van der Waals surface area contributed by atoms with E-state index < -0.39 is 17.6 Å². The molecule has 1 aliphatic rings. The number of anilines is 1. The highest BCUT2D eigenvalue weighted by Crippen LogP contribution is 2.43. The Morgan fingerprint density at radius 3 is 2.43 bits per heavy atom. The van der Waals surface area contributed by atoms with E-state index in [1.165, 1.54) is 12.1 Å². The average molecular weight is 376 g/mol. The van der Waals surface area contributed by atoms with Crippen molar-refractivity contribution in [3.05, 3.63) is 71.0 Å². The van der Waals surface area contributed by atoms with Crippen molar-refractivity contribution in [2.75, 3.05) is 11.5 Å². The molecule has 0 fully saturated rings. The number of halogens is 1. The van der Waals surface area contributed by atoms with E-state index in [4.69, 9.17) is 4.74 Å². The summed E-state index contributed by atoms with van der Waals surface area (Å²) in [6.07, 6.45) is 1.44. The van der Waals surface area contributed by atoms with E-state index in [1.54, 1.807) is 0 Å². The Kier molecular flexibility index (Phi) is 4.59. The van der Waals surface area contributed by atoms with Crippen LogP contribution in [0.4, 0.5) is 10.1 Å². The molecule has 4 rings (SSSR count). The molecule has 5 heteroatoms. The molecule has 1 heterocycles. The van der Waals surface area contributed by atoms with E-state index in [-0.39, 0.29) is 11.3 Å². The number of amides is 2. The van der Waals surface area contributed by atoms with E-state index in [0.29, 0.717) is 24.3 Å². The van der Waals surface area contributed by atoms with Gasteiger partial charge in [0.2, 0.25) is 0 Å². The Hall–Kier alpha value is -3.21. The standard InChI is InChI=1S/C23H19FNO3/c1-3-9-15-14-10-5-6-11-16(14)21(28-4-2)20-19(15)22(26)25(23(20)27)18-13-8-7-12-17(18)24/h5-6,8,10-13H,3-4,9H2,1-2H3. The third kappa shape index (κ3) is 2.58. The van der Waals surface area contributed by atoms with Crippen molar-refractivity contribution in [1.29, 1.82) is 0 Å². The second-order valence-electron chi connectivity index (χ2n) is 6.61. The molecule has 1 radical (unpaired) electrons. The van der Waals surface area contributed by atoms with Crippen LogP contribution in [0, 0.1) is 11.9 Å². The molecule has 0 aromatic heterocycles. The van der Waals surface area contributed by atoms with E-state index in [2.05, 4.69) is 6.07 Å². The first kappa shape index (κ1) is 18.2. The molecular weight excluding hydrogens is 357 g/mol. The number of ether oxygens (including phenoxy) is 1. The van der Waals surface area contributed by atoms with Crippen molar-refractivity contribution in [3.63, 3.8) is 0 Å². The predicted molar refractivity (Wildman–Crippen MR) is 105 cm³/mol. The molecule has 141 valence electrons. The molecule has 0 saturated carbocycles. The van der Waals surface area contributed by atoms with Gasteiger partial charge in [-0.1, -0.05) is 43.7 Å². The number of rotatable bonds is 5. The second-order valence-corrected chi connectivity index (χ2v) is 6.61. The van der Waals surface area contributed by atoms with Crippen molar-refractivity contribution in [2.24, 2.45) is 0 Å². The first-order valence-corrected chi connectivity index (χ1v) is 9.34. The summed E-state index contributed by atoms with van der Waals surface area (Å²) in [5.74, 6) is -1.36. The van der Waals surface area contributed by atoms with Crippen LogP contribution in [0.5, 0.6) is 5.75 Å². The molecular formula is C23H19FNO3. The topological polar surface area (TPSA) is 46.6 Å². The number of aryl methyl sites for hydroxylation is 1. The molecule has 2 amide bonds. The van der Waals surface area contributed by atoms with Gasteiger partial charge >= 0.3 is 0 Å². The monoisotopic (exact) mass is 376 g/mol. The lowest BCUT2D eigenvalue weighted by Crippen LogP contribution is -2.30. The molecule has 28 heavy (non-hydrogen) atoms. The second kappa shape index (κ2) is 7.08. The molecule has 0 saturated heterocycles. The zero-order valence-corrected chi connectivity index (χ0v) is 15.7. The van der Waals surface area contributed by atoms with Crippen LogP contribution < -0.4 is 9.64 Å². The van der Waals surface area contributed by atoms with Crippen LogP contribution in [0.2, 0.25) is 0 Å². The Morgan fingerprint density at radius 2 is 1.75 bits per heavy atom. The SMILES string of the molecule is CCCc1c2c(c(OCC)c3ccccc13)C(=O)N(c1cc[c]cc1F)C2=O. The van der Waals surface area contributed by atoms with Gasteiger partial charge in [0.25, 0.3) is 11.8 Å². The summed E-state index contributed by atoms with van der Waals surface area (Å²) < 4.78 is 20.2. The first-order valence-electron chi connectivity index (χ1n) is 9.34. The normalized spacial score (nSPS) is 13.3. The fraction of sp³-hybridized carbons (Fsp3) is 0.217. The maximum Gasteiger partial charge on any atom is 0.270 e. The molecule has 3 aromatic carbocycles. The van der Waals surface area contributed by atoms with E-state index in [0.717, 1.165) is 33.7 Å². The van der Waals surface area contributed by atoms with Crippen LogP contribution in [-0.2, 0) is 6.42 Å². The van der Waals surface area contributed by atoms with E-state index in [1.807, 2.05) is 38.1 Å². The molecule has 0 bridgehead atoms. The first-order chi connectivity index (χ1) is 13.6. The zero-order valence-electron chi connectivity index (χ0n) is 15.7. The molecule has 0 atom stereocenters. The number of imide groups is 1. The van der Waals surface area contributed by atoms with Crippen LogP contribution in [0.15, 0.2) is 42.5 Å². The maximum absolute atomic E-state index is 14.4. The minimum atomic E-state index is -0.670. The smallest absolute Gasteiger partial charge is 0.270 e. The van der Waals surface area contributed by atoms with Crippen LogP contribution in [0.1, 0.15) is 46.5 Å². The third-order valence-electron chi connectivity index (χ3n) is 4.93. The fourth-order valence-electron chi connectivity index (χ4n) is 3.84. The number of carbonyl (C=O) groups excluding carboxylic acids is 2. The summed E-state index contributed by atoms with van der Waals surface area (Å²) in [5.41, 5.74) is 1.28. The lowest BCUT2D eigenvalue weighted by atomic mass is 9.91. The van der Waals surface area contributed by atoms with E-state index >= 15 is 0 Å². The van der Waals surface area contributed by atoms with Gasteiger partial charge in [-0.3, -0.25) is 9.59 Å². The molecule has 0 aliphatic carbocycles. The van der Waals surface area contributed by atoms with Crippen molar-refractivity contribution in [1.82, 2.24) is 0 Å². The Bertz CT molecular complexity index is 1040. The average Bonchev–Trinajstić information content (AvgIpc) is 2.95. The Labute approximate surface area is 162 Å². The van der Waals surface area contributed by atoms with Crippen LogP contribution >= 0.6 is 0 Å². The summed E-state index contributed by atoms with van der Waals surface area (Å²) in [6, 6.07) is 14.2. The predicted octanol–water partition coefficient (Wildman–Crippen LogP) is 4.93. The fourth-order valence-corrected chi connectivity index (χ4v) is 3.84.